The van der Waals surface area contributed by atoms with E-state index >= 15 is 0 Å². The van der Waals surface area contributed by atoms with E-state index in [0.717, 1.165) is 6.42 Å². The molecular weight excluding hydrogens is 406 g/mol. The fourth-order valence-corrected chi connectivity index (χ4v) is 3.47. The largest absolute Gasteiger partial charge is 0.507 e. The van der Waals surface area contributed by atoms with Crippen LogP contribution in [0.5, 0.6) is 5.75 Å². The van der Waals surface area contributed by atoms with Crippen molar-refractivity contribution >= 4 is 11.9 Å². The number of aliphatic hydroxyl groups excluding tert-OH is 1. The Morgan fingerprint density at radius 2 is 2.06 bits per heavy atom. The van der Waals surface area contributed by atoms with E-state index in [0.29, 0.717) is 24.8 Å². The van der Waals surface area contributed by atoms with Gasteiger partial charge in [0.15, 0.2) is 0 Å². The number of aromatic hydroxyl groups is 1. The first kappa shape index (κ1) is 25.1. The molecule has 0 fully saturated rings. The topological polar surface area (TPSA) is 95.9 Å². The number of carbonyl (C=O) groups excluding carboxylic acids is 2. The number of rotatable bonds is 6. The van der Waals surface area contributed by atoms with Crippen LogP contribution in [-0.4, -0.2) is 34.8 Å². The van der Waals surface area contributed by atoms with Crippen molar-refractivity contribution in [3.05, 3.63) is 78.1 Å². The zero-order chi connectivity index (χ0) is 23.3. The Kier molecular flexibility index (Phi) is 10.5. The molecule has 6 heteroatoms. The minimum absolute atomic E-state index is 0.00182. The summed E-state index contributed by atoms with van der Waals surface area (Å²) in [7, 11) is 0. The number of aliphatic hydroxyl groups is 1. The Labute approximate surface area is 190 Å². The minimum atomic E-state index is -0.699. The average Bonchev–Trinajstić information content (AvgIpc) is 2.77. The van der Waals surface area contributed by atoms with Crippen molar-refractivity contribution in [3.8, 4) is 5.75 Å². The number of hydrogen-bond donors (Lipinski definition) is 3. The summed E-state index contributed by atoms with van der Waals surface area (Å²) in [4.78, 5) is 24.5. The van der Waals surface area contributed by atoms with Crippen molar-refractivity contribution in [3.63, 3.8) is 0 Å². The van der Waals surface area contributed by atoms with Crippen LogP contribution in [0.15, 0.2) is 66.9 Å². The molecule has 1 aromatic rings. The molecule has 0 bridgehead atoms. The van der Waals surface area contributed by atoms with Gasteiger partial charge in [-0.05, 0) is 43.2 Å². The molecule has 1 aliphatic heterocycles. The van der Waals surface area contributed by atoms with Crippen molar-refractivity contribution < 1.29 is 24.5 Å². The zero-order valence-corrected chi connectivity index (χ0v) is 18.7. The van der Waals surface area contributed by atoms with Crippen LogP contribution in [0.3, 0.4) is 0 Å². The number of phenolic OH excluding ortho intramolecular Hbond substituents is 1. The molecule has 1 aromatic carbocycles. The predicted molar refractivity (Wildman–Crippen MR) is 125 cm³/mol. The number of esters is 1. The molecule has 1 heterocycles. The summed E-state index contributed by atoms with van der Waals surface area (Å²) in [5, 5.41) is 23.6. The Morgan fingerprint density at radius 1 is 1.25 bits per heavy atom. The van der Waals surface area contributed by atoms with Crippen LogP contribution in [0.2, 0.25) is 0 Å². The van der Waals surface area contributed by atoms with Gasteiger partial charge in [-0.1, -0.05) is 62.4 Å². The lowest BCUT2D eigenvalue weighted by molar-refractivity contribution is -0.115. The molecule has 3 N–H and O–H groups in total. The molecule has 0 saturated carbocycles. The van der Waals surface area contributed by atoms with Crippen LogP contribution in [0.4, 0.5) is 0 Å². The normalized spacial score (nSPS) is 23.5. The molecule has 3 atom stereocenters. The highest BCUT2D eigenvalue weighted by Crippen LogP contribution is 2.26. The number of phenols is 1. The van der Waals surface area contributed by atoms with Crippen LogP contribution in [0.1, 0.15) is 49.0 Å². The number of carbonyl (C=O) groups is 2. The molecule has 0 saturated heterocycles. The third-order valence-electron chi connectivity index (χ3n) is 5.35. The van der Waals surface area contributed by atoms with Crippen LogP contribution in [0, 0.1) is 11.8 Å². The molecule has 32 heavy (non-hydrogen) atoms. The van der Waals surface area contributed by atoms with Crippen molar-refractivity contribution in [1.82, 2.24) is 5.32 Å². The van der Waals surface area contributed by atoms with E-state index in [2.05, 4.69) is 5.32 Å². The molecule has 2 rings (SSSR count). The third kappa shape index (κ3) is 7.85. The Balaban J connectivity index is 2.07. The predicted octanol–water partition coefficient (Wildman–Crippen LogP) is 4.21. The Bertz CT molecular complexity index is 884. The van der Waals surface area contributed by atoms with Crippen molar-refractivity contribution in [2.24, 2.45) is 11.8 Å². The molecular formula is C26H33NO5. The SMILES string of the molecule is CC/C=C\C=C/C(=O)N/C=C/C[C@@H]1COC(=O)c2c(O)cccc2C/C=C/C[C@H](C)[C@@H]1O. The van der Waals surface area contributed by atoms with Gasteiger partial charge in [0.1, 0.15) is 11.3 Å². The second-order valence-electron chi connectivity index (χ2n) is 7.89. The molecule has 1 amide bonds. The molecule has 172 valence electrons. The van der Waals surface area contributed by atoms with E-state index in [1.807, 2.05) is 38.2 Å². The van der Waals surface area contributed by atoms with Gasteiger partial charge < -0.3 is 20.3 Å². The van der Waals surface area contributed by atoms with E-state index in [-0.39, 0.29) is 35.7 Å². The zero-order valence-electron chi connectivity index (χ0n) is 18.7. The summed E-state index contributed by atoms with van der Waals surface area (Å²) >= 11 is 0. The van der Waals surface area contributed by atoms with Gasteiger partial charge in [-0.15, -0.1) is 0 Å². The first-order valence-electron chi connectivity index (χ1n) is 11.0. The summed E-state index contributed by atoms with van der Waals surface area (Å²) in [5.74, 6) is -1.37. The van der Waals surface area contributed by atoms with Gasteiger partial charge in [0, 0.05) is 18.2 Å². The number of allylic oxidation sites excluding steroid dienone is 6. The van der Waals surface area contributed by atoms with E-state index in [4.69, 9.17) is 4.74 Å². The van der Waals surface area contributed by atoms with Crippen LogP contribution in [-0.2, 0) is 16.0 Å². The fraction of sp³-hybridized carbons (Fsp3) is 0.385. The van der Waals surface area contributed by atoms with Gasteiger partial charge in [-0.25, -0.2) is 4.79 Å². The highest BCUT2D eigenvalue weighted by atomic mass is 16.5. The number of benzene rings is 1. The highest BCUT2D eigenvalue weighted by Gasteiger charge is 2.26. The summed E-state index contributed by atoms with van der Waals surface area (Å²) in [6.07, 6.45) is 15.8. The number of nitrogens with one attached hydrogen (secondary N) is 1. The molecule has 0 aliphatic carbocycles. The van der Waals surface area contributed by atoms with Gasteiger partial charge in [-0.2, -0.15) is 0 Å². The maximum atomic E-state index is 12.7. The summed E-state index contributed by atoms with van der Waals surface area (Å²) < 4.78 is 5.48. The van der Waals surface area contributed by atoms with Gasteiger partial charge in [0.05, 0.1) is 12.7 Å². The monoisotopic (exact) mass is 439 g/mol. The van der Waals surface area contributed by atoms with Gasteiger partial charge >= 0.3 is 5.97 Å². The number of fused-ring (bicyclic) bond motifs is 1. The van der Waals surface area contributed by atoms with Crippen LogP contribution >= 0.6 is 0 Å². The molecule has 0 spiro atoms. The van der Waals surface area contributed by atoms with Crippen LogP contribution in [0.25, 0.3) is 0 Å². The molecule has 0 unspecified atom stereocenters. The summed E-state index contributed by atoms with van der Waals surface area (Å²) in [6, 6.07) is 4.95. The lowest BCUT2D eigenvalue weighted by Crippen LogP contribution is -2.31. The number of amides is 1. The van der Waals surface area contributed by atoms with E-state index in [1.54, 1.807) is 24.3 Å². The van der Waals surface area contributed by atoms with Crippen molar-refractivity contribution in [2.45, 2.75) is 45.6 Å². The highest BCUT2D eigenvalue weighted by molar-refractivity contribution is 5.94. The third-order valence-corrected chi connectivity index (χ3v) is 5.35. The van der Waals surface area contributed by atoms with Gasteiger partial charge in [0.25, 0.3) is 0 Å². The van der Waals surface area contributed by atoms with Gasteiger partial charge in [0.2, 0.25) is 5.91 Å². The number of hydrogen-bond acceptors (Lipinski definition) is 5. The molecule has 0 aromatic heterocycles. The molecule has 0 radical (unpaired) electrons. The quantitative estimate of drug-likeness (QED) is 0.267. The first-order valence-corrected chi connectivity index (χ1v) is 11.0. The Morgan fingerprint density at radius 3 is 2.84 bits per heavy atom. The van der Waals surface area contributed by atoms with Crippen molar-refractivity contribution in [2.75, 3.05) is 6.61 Å². The summed E-state index contributed by atoms with van der Waals surface area (Å²) in [5.41, 5.74) is 0.853. The lowest BCUT2D eigenvalue weighted by Gasteiger charge is -2.27. The van der Waals surface area contributed by atoms with E-state index in [1.165, 1.54) is 18.3 Å². The fourth-order valence-electron chi connectivity index (χ4n) is 3.47. The minimum Gasteiger partial charge on any atom is -0.507 e. The molecule has 1 aliphatic rings. The average molecular weight is 440 g/mol. The molecule has 6 nitrogen and oxygen atoms in total. The maximum Gasteiger partial charge on any atom is 0.342 e. The smallest absolute Gasteiger partial charge is 0.342 e. The Hall–Kier alpha value is -3.12. The van der Waals surface area contributed by atoms with Gasteiger partial charge in [-0.3, -0.25) is 4.79 Å². The van der Waals surface area contributed by atoms with E-state index < -0.39 is 12.1 Å². The number of cyclic esters (lactones) is 1. The summed E-state index contributed by atoms with van der Waals surface area (Å²) in [6.45, 7) is 3.97. The second-order valence-corrected chi connectivity index (χ2v) is 7.89. The maximum absolute atomic E-state index is 12.7. The van der Waals surface area contributed by atoms with Crippen molar-refractivity contribution in [1.29, 1.82) is 0 Å². The lowest BCUT2D eigenvalue weighted by atomic mass is 9.87. The first-order chi connectivity index (χ1) is 15.4. The van der Waals surface area contributed by atoms with Crippen LogP contribution < -0.4 is 5.32 Å². The number of ether oxygens (including phenoxy) is 1. The second kappa shape index (κ2) is 13.3. The van der Waals surface area contributed by atoms with E-state index in [9.17, 15) is 19.8 Å². The standard InChI is InChI=1S/C26H33NO5/c1-3-4-5-6-16-23(29)27-17-10-14-21-18-32-26(31)24-20(13-9-15-22(24)28)12-8-7-11-19(2)25(21)30/h4-10,13,15-17,19,21,25,28,30H,3,11-12,14,18H2,1-2H3,(H,27,29)/b5-4-,8-7+,16-6-,17-10+/t19-,21+,25-/m0/s1.